The van der Waals surface area contributed by atoms with Crippen LogP contribution in [-0.4, -0.2) is 51.7 Å². The van der Waals surface area contributed by atoms with Gasteiger partial charge in [-0.1, -0.05) is 0 Å². The van der Waals surface area contributed by atoms with E-state index in [0.717, 1.165) is 12.8 Å². The molecule has 0 aromatic carbocycles. The summed E-state index contributed by atoms with van der Waals surface area (Å²) in [6.07, 6.45) is 9.27. The molecule has 0 unspecified atom stereocenters. The van der Waals surface area contributed by atoms with E-state index in [1.807, 2.05) is 0 Å². The first-order valence-electron chi connectivity index (χ1n) is 8.59. The number of hydrogen-bond donors (Lipinski definition) is 2. The first-order chi connectivity index (χ1) is 12.5. The molecule has 144 valence electrons. The molecule has 2 aromatic rings. The molecule has 2 aromatic heterocycles. The molecule has 1 fully saturated rings. The predicted molar refractivity (Wildman–Crippen MR) is 99.5 cm³/mol. The number of hydrogen-bond acceptors (Lipinski definition) is 6. The summed E-state index contributed by atoms with van der Waals surface area (Å²) in [6.45, 7) is 1.62. The number of carbonyl (C=O) groups excluding carboxylic acids is 1. The molecular weight excluding hydrogens is 356 g/mol. The van der Waals surface area contributed by atoms with Gasteiger partial charge in [0.15, 0.2) is 0 Å². The molecule has 2 N–H and O–H groups in total. The molecule has 0 spiro atoms. The first kappa shape index (κ1) is 18.5. The Morgan fingerprint density at radius 3 is 2.65 bits per heavy atom. The monoisotopic (exact) mass is 382 g/mol. The van der Waals surface area contributed by atoms with Crippen LogP contribution in [0.5, 0.6) is 0 Å². The highest BCUT2D eigenvalue weighted by molar-refractivity contribution is 7.89. The Bertz CT molecular complexity index is 855. The third-order valence-electron chi connectivity index (χ3n) is 4.40. The molecule has 26 heavy (non-hydrogen) atoms. The van der Waals surface area contributed by atoms with Gasteiger partial charge in [-0.2, -0.15) is 0 Å². The average Bonchev–Trinajstić information content (AvgIpc) is 3.18. The highest BCUT2D eigenvalue weighted by Crippen LogP contribution is 2.19. The maximum absolute atomic E-state index is 12.5. The number of sulfonamides is 1. The van der Waals surface area contributed by atoms with E-state index >= 15 is 0 Å². The molecule has 1 amide bonds. The Kier molecular flexibility index (Phi) is 5.62. The predicted octanol–water partition coefficient (Wildman–Crippen LogP) is 1.13. The molecular formula is C16H26N6O3S. The smallest absolute Gasteiger partial charge is 0.270 e. The van der Waals surface area contributed by atoms with Gasteiger partial charge in [-0.05, 0) is 38.7 Å². The number of carbonyl (C=O) groups is 1. The van der Waals surface area contributed by atoms with Gasteiger partial charge in [0.1, 0.15) is 12.0 Å². The summed E-state index contributed by atoms with van der Waals surface area (Å²) in [6, 6.07) is 1.52. The molecule has 1 saturated carbocycles. The zero-order chi connectivity index (χ0) is 18.6. The van der Waals surface area contributed by atoms with Crippen LogP contribution in [0.2, 0.25) is 0 Å². The lowest BCUT2D eigenvalue weighted by Gasteiger charge is -2.29. The zero-order valence-electron chi connectivity index (χ0n) is 14.5. The van der Waals surface area contributed by atoms with E-state index in [4.69, 9.17) is 0 Å². The number of rotatable bonds is 6. The molecule has 3 rings (SSSR count). The van der Waals surface area contributed by atoms with Crippen LogP contribution in [0.1, 0.15) is 45.9 Å². The van der Waals surface area contributed by atoms with E-state index in [2.05, 4.69) is 25.0 Å². The second-order valence-corrected chi connectivity index (χ2v) is 8.30. The molecule has 2 heterocycles. The van der Waals surface area contributed by atoms with Gasteiger partial charge in [0.25, 0.3) is 5.91 Å². The summed E-state index contributed by atoms with van der Waals surface area (Å²) in [7, 11) is -3.19. The van der Waals surface area contributed by atoms with Gasteiger partial charge in [0, 0.05) is 33.5 Å². The van der Waals surface area contributed by atoms with Crippen LogP contribution in [0.25, 0.3) is 5.95 Å². The van der Waals surface area contributed by atoms with Crippen molar-refractivity contribution >= 4 is 15.9 Å². The largest absolute Gasteiger partial charge is 0.348 e. The standard InChI is InChI=1S/C16H22N6O3S.2H2/c1-2-26(24,25)21-13-5-3-12(4-6-13)19-15(23)14-7-8-18-16(20-14)22-10-9-17-11-22;;/h7-13,21H,2-6H2,1H3,(H,19,23);2*1H. The second kappa shape index (κ2) is 7.92. The van der Waals surface area contributed by atoms with E-state index in [1.165, 1.54) is 6.20 Å². The van der Waals surface area contributed by atoms with E-state index in [-0.39, 0.29) is 32.3 Å². The van der Waals surface area contributed by atoms with Crippen LogP contribution in [0.3, 0.4) is 0 Å². The highest BCUT2D eigenvalue weighted by atomic mass is 32.2. The van der Waals surface area contributed by atoms with Crippen LogP contribution in [0.15, 0.2) is 31.0 Å². The van der Waals surface area contributed by atoms with Crippen LogP contribution >= 0.6 is 0 Å². The SMILES string of the molecule is CCS(=O)(=O)NC1CCC(NC(=O)c2ccnc(-n3ccnc3)n2)CC1.[HH].[HH]. The Morgan fingerprint density at radius 2 is 2.00 bits per heavy atom. The minimum Gasteiger partial charge on any atom is -0.348 e. The van der Waals surface area contributed by atoms with Crippen LogP contribution in [0, 0.1) is 0 Å². The van der Waals surface area contributed by atoms with Gasteiger partial charge in [0.2, 0.25) is 16.0 Å². The van der Waals surface area contributed by atoms with Gasteiger partial charge in [-0.25, -0.2) is 28.1 Å². The summed E-state index contributed by atoms with van der Waals surface area (Å²) in [4.78, 5) is 24.8. The minimum absolute atomic E-state index is 0. The zero-order valence-corrected chi connectivity index (χ0v) is 15.3. The normalized spacial score (nSPS) is 20.7. The summed E-state index contributed by atoms with van der Waals surface area (Å²) < 4.78 is 27.6. The molecule has 10 heteroatoms. The summed E-state index contributed by atoms with van der Waals surface area (Å²) in [5, 5.41) is 2.97. The van der Waals surface area contributed by atoms with Gasteiger partial charge < -0.3 is 5.32 Å². The third kappa shape index (κ3) is 4.64. The highest BCUT2D eigenvalue weighted by Gasteiger charge is 2.25. The molecule has 1 aliphatic carbocycles. The van der Waals surface area contributed by atoms with Gasteiger partial charge >= 0.3 is 0 Å². The molecule has 0 bridgehead atoms. The van der Waals surface area contributed by atoms with Gasteiger partial charge in [-0.3, -0.25) is 9.36 Å². The first-order valence-corrected chi connectivity index (χ1v) is 10.2. The van der Waals surface area contributed by atoms with E-state index < -0.39 is 10.0 Å². The van der Waals surface area contributed by atoms with Crippen molar-refractivity contribution in [3.63, 3.8) is 0 Å². The quantitative estimate of drug-likeness (QED) is 0.773. The maximum atomic E-state index is 12.5. The van der Waals surface area contributed by atoms with Crippen molar-refractivity contribution in [3.8, 4) is 5.95 Å². The topological polar surface area (TPSA) is 119 Å². The second-order valence-electron chi connectivity index (χ2n) is 6.26. The summed E-state index contributed by atoms with van der Waals surface area (Å²) >= 11 is 0. The minimum atomic E-state index is -3.19. The number of amides is 1. The number of aromatic nitrogens is 4. The van der Waals surface area contributed by atoms with E-state index in [9.17, 15) is 13.2 Å². The Morgan fingerprint density at radius 1 is 1.27 bits per heavy atom. The van der Waals surface area contributed by atoms with Crippen molar-refractivity contribution in [3.05, 3.63) is 36.7 Å². The lowest BCUT2D eigenvalue weighted by Crippen LogP contribution is -2.44. The summed E-state index contributed by atoms with van der Waals surface area (Å²) in [5.41, 5.74) is 0.289. The molecule has 0 saturated heterocycles. The average molecular weight is 382 g/mol. The number of imidazole rings is 1. The van der Waals surface area contributed by atoms with E-state index in [1.54, 1.807) is 36.3 Å². The Balaban J connectivity index is 0.00000196. The fourth-order valence-electron chi connectivity index (χ4n) is 2.93. The Labute approximate surface area is 155 Å². The maximum Gasteiger partial charge on any atom is 0.270 e. The summed E-state index contributed by atoms with van der Waals surface area (Å²) in [5.74, 6) is 0.204. The lowest BCUT2D eigenvalue weighted by molar-refractivity contribution is 0.0919. The van der Waals surface area contributed by atoms with Crippen molar-refractivity contribution in [1.82, 2.24) is 29.6 Å². The van der Waals surface area contributed by atoms with Crippen molar-refractivity contribution in [1.29, 1.82) is 0 Å². The number of nitrogens with zero attached hydrogens (tertiary/aromatic N) is 4. The van der Waals surface area contributed by atoms with Crippen molar-refractivity contribution in [2.24, 2.45) is 0 Å². The van der Waals surface area contributed by atoms with Gasteiger partial charge in [0.05, 0.1) is 5.75 Å². The molecule has 1 aliphatic rings. The van der Waals surface area contributed by atoms with Crippen molar-refractivity contribution < 1.29 is 16.1 Å². The van der Waals surface area contributed by atoms with E-state index in [0.29, 0.717) is 18.8 Å². The van der Waals surface area contributed by atoms with Crippen LogP contribution in [-0.2, 0) is 10.0 Å². The molecule has 0 radical (unpaired) electrons. The molecule has 0 aliphatic heterocycles. The van der Waals surface area contributed by atoms with Crippen LogP contribution in [0.4, 0.5) is 0 Å². The van der Waals surface area contributed by atoms with Crippen molar-refractivity contribution in [2.45, 2.75) is 44.7 Å². The molecule has 9 nitrogen and oxygen atoms in total. The fourth-order valence-corrected chi connectivity index (χ4v) is 3.84. The fraction of sp³-hybridized carbons (Fsp3) is 0.500. The van der Waals surface area contributed by atoms with Crippen molar-refractivity contribution in [2.75, 3.05) is 5.75 Å². The van der Waals surface area contributed by atoms with Crippen LogP contribution < -0.4 is 10.0 Å². The van der Waals surface area contributed by atoms with Gasteiger partial charge in [-0.15, -0.1) is 0 Å². The third-order valence-corrected chi connectivity index (χ3v) is 5.85. The Hall–Kier alpha value is -2.33. The number of nitrogens with one attached hydrogen (secondary N) is 2. The molecule has 0 atom stereocenters. The lowest BCUT2D eigenvalue weighted by atomic mass is 9.92.